The predicted molar refractivity (Wildman–Crippen MR) is 84.2 cm³/mol. The van der Waals surface area contributed by atoms with Gasteiger partial charge in [0.25, 0.3) is 0 Å². The van der Waals surface area contributed by atoms with Gasteiger partial charge in [-0.3, -0.25) is 9.71 Å². The number of aryl methyl sites for hydroxylation is 1. The topological polar surface area (TPSA) is 59.1 Å². The first-order chi connectivity index (χ1) is 9.44. The lowest BCUT2D eigenvalue weighted by Crippen LogP contribution is -2.17. The highest BCUT2D eigenvalue weighted by Crippen LogP contribution is 2.33. The zero-order valence-electron chi connectivity index (χ0n) is 10.9. The molecule has 0 saturated heterocycles. The van der Waals surface area contributed by atoms with Gasteiger partial charge in [0.15, 0.2) is 0 Å². The number of hydrogen-bond acceptors (Lipinski definition) is 3. The Morgan fingerprint density at radius 2 is 2.15 bits per heavy atom. The number of nitrogens with zero attached hydrogens (tertiary/aromatic N) is 1. The zero-order chi connectivity index (χ0) is 14.8. The second-order valence-electron chi connectivity index (χ2n) is 4.41. The van der Waals surface area contributed by atoms with E-state index in [-0.39, 0.29) is 5.75 Å². The molecule has 1 aromatic carbocycles. The third-order valence-electron chi connectivity index (χ3n) is 2.84. The molecule has 0 aliphatic carbocycles. The molecule has 108 valence electrons. The van der Waals surface area contributed by atoms with Crippen LogP contribution in [-0.2, 0) is 10.0 Å². The molecule has 0 spiro atoms. The quantitative estimate of drug-likeness (QED) is 0.851. The van der Waals surface area contributed by atoms with Crippen LogP contribution in [0.2, 0.25) is 5.02 Å². The number of nitrogens with one attached hydrogen (secondary N) is 1. The highest BCUT2D eigenvalue weighted by molar-refractivity contribution is 7.92. The van der Waals surface area contributed by atoms with Crippen LogP contribution in [0.15, 0.2) is 24.4 Å². The van der Waals surface area contributed by atoms with Crippen molar-refractivity contribution in [1.29, 1.82) is 0 Å². The van der Waals surface area contributed by atoms with Crippen molar-refractivity contribution in [3.05, 3.63) is 35.0 Å². The summed E-state index contributed by atoms with van der Waals surface area (Å²) in [5.74, 6) is 0.257. The number of hydrogen-bond donors (Lipinski definition) is 1. The average Bonchev–Trinajstić information content (AvgIpc) is 2.41. The smallest absolute Gasteiger partial charge is 0.232 e. The second-order valence-corrected chi connectivity index (χ2v) is 7.04. The number of sulfonamides is 1. The second kappa shape index (κ2) is 6.16. The Morgan fingerprint density at radius 1 is 1.40 bits per heavy atom. The van der Waals surface area contributed by atoms with Gasteiger partial charge in [-0.15, -0.1) is 11.6 Å². The van der Waals surface area contributed by atoms with Gasteiger partial charge in [-0.05, 0) is 37.1 Å². The number of aromatic nitrogens is 1. The molecule has 0 saturated carbocycles. The summed E-state index contributed by atoms with van der Waals surface area (Å²) in [5, 5.41) is 1.05. The van der Waals surface area contributed by atoms with Crippen molar-refractivity contribution in [3.63, 3.8) is 0 Å². The molecule has 0 bridgehead atoms. The minimum atomic E-state index is -3.47. The molecule has 7 heteroatoms. The van der Waals surface area contributed by atoms with E-state index in [1.807, 2.05) is 6.92 Å². The molecule has 0 aliphatic rings. The fourth-order valence-electron chi connectivity index (χ4n) is 1.94. The van der Waals surface area contributed by atoms with Crippen molar-refractivity contribution in [3.8, 4) is 0 Å². The van der Waals surface area contributed by atoms with E-state index in [4.69, 9.17) is 23.2 Å². The summed E-state index contributed by atoms with van der Waals surface area (Å²) in [6.07, 6.45) is 2.05. The number of benzene rings is 1. The Hall–Kier alpha value is -1.04. The van der Waals surface area contributed by atoms with Crippen LogP contribution in [0, 0.1) is 6.92 Å². The summed E-state index contributed by atoms with van der Waals surface area (Å²) < 4.78 is 26.5. The molecular weight excluding hydrogens is 319 g/mol. The average molecular weight is 333 g/mol. The van der Waals surface area contributed by atoms with Gasteiger partial charge in [-0.2, -0.15) is 0 Å². The van der Waals surface area contributed by atoms with E-state index >= 15 is 0 Å². The molecule has 1 heterocycles. The number of alkyl halides is 1. The molecule has 0 atom stereocenters. The molecule has 1 aromatic heterocycles. The number of halogens is 2. The fourth-order valence-corrected chi connectivity index (χ4v) is 3.75. The molecular formula is C13H14Cl2N2O2S. The lowest BCUT2D eigenvalue weighted by Gasteiger charge is -2.13. The maximum absolute atomic E-state index is 12.0. The summed E-state index contributed by atoms with van der Waals surface area (Å²) >= 11 is 11.7. The van der Waals surface area contributed by atoms with E-state index in [2.05, 4.69) is 9.71 Å². The molecule has 2 rings (SSSR count). The van der Waals surface area contributed by atoms with Gasteiger partial charge in [0.2, 0.25) is 10.0 Å². The van der Waals surface area contributed by atoms with Crippen LogP contribution in [0.1, 0.15) is 12.0 Å². The van der Waals surface area contributed by atoms with Crippen LogP contribution >= 0.6 is 23.2 Å². The van der Waals surface area contributed by atoms with Crippen molar-refractivity contribution in [1.82, 2.24) is 4.98 Å². The van der Waals surface area contributed by atoms with E-state index in [9.17, 15) is 8.42 Å². The lowest BCUT2D eigenvalue weighted by molar-refractivity contribution is 0.600. The molecule has 0 amide bonds. The Labute approximate surface area is 128 Å². The summed E-state index contributed by atoms with van der Waals surface area (Å²) in [6, 6.07) is 5.24. The Bertz CT molecular complexity index is 732. The van der Waals surface area contributed by atoms with Gasteiger partial charge in [-0.1, -0.05) is 11.6 Å². The largest absolute Gasteiger partial charge is 0.281 e. The zero-order valence-corrected chi connectivity index (χ0v) is 13.2. The lowest BCUT2D eigenvalue weighted by atomic mass is 10.1. The molecule has 1 N–H and O–H groups in total. The highest BCUT2D eigenvalue weighted by Gasteiger charge is 2.16. The molecule has 2 aromatic rings. The normalized spacial score (nSPS) is 11.8. The van der Waals surface area contributed by atoms with E-state index in [1.54, 1.807) is 24.4 Å². The maximum Gasteiger partial charge on any atom is 0.232 e. The summed E-state index contributed by atoms with van der Waals surface area (Å²) in [4.78, 5) is 4.26. The summed E-state index contributed by atoms with van der Waals surface area (Å²) in [6.45, 7) is 1.88. The van der Waals surface area contributed by atoms with Gasteiger partial charge >= 0.3 is 0 Å². The highest BCUT2D eigenvalue weighted by atomic mass is 35.5. The van der Waals surface area contributed by atoms with Gasteiger partial charge in [-0.25, -0.2) is 8.42 Å². The number of fused-ring (bicyclic) bond motifs is 1. The summed E-state index contributed by atoms with van der Waals surface area (Å²) in [5.41, 5.74) is 2.00. The molecule has 4 nitrogen and oxygen atoms in total. The van der Waals surface area contributed by atoms with Crippen LogP contribution in [0.4, 0.5) is 5.69 Å². The Balaban J connectivity index is 2.49. The van der Waals surface area contributed by atoms with Crippen LogP contribution in [0.5, 0.6) is 0 Å². The number of pyridine rings is 1. The van der Waals surface area contributed by atoms with Crippen molar-refractivity contribution in [2.24, 2.45) is 0 Å². The van der Waals surface area contributed by atoms with Crippen LogP contribution in [0.3, 0.4) is 0 Å². The van der Waals surface area contributed by atoms with Gasteiger partial charge in [0, 0.05) is 17.5 Å². The van der Waals surface area contributed by atoms with Crippen LogP contribution in [-0.4, -0.2) is 25.0 Å². The van der Waals surface area contributed by atoms with E-state index in [0.29, 0.717) is 28.4 Å². The maximum atomic E-state index is 12.0. The van der Waals surface area contributed by atoms with E-state index in [1.165, 1.54) is 0 Å². The molecule has 20 heavy (non-hydrogen) atoms. The first-order valence-corrected chi connectivity index (χ1v) is 8.61. The molecule has 0 unspecified atom stereocenters. The van der Waals surface area contributed by atoms with Crippen molar-refractivity contribution in [2.75, 3.05) is 16.4 Å². The third-order valence-corrected chi connectivity index (χ3v) is 4.74. The van der Waals surface area contributed by atoms with Crippen LogP contribution < -0.4 is 4.72 Å². The van der Waals surface area contributed by atoms with E-state index < -0.39 is 10.0 Å². The minimum absolute atomic E-state index is 0.0392. The predicted octanol–water partition coefficient (Wildman–Crippen LogP) is 3.57. The summed E-state index contributed by atoms with van der Waals surface area (Å²) in [7, 11) is -3.47. The number of anilines is 1. The van der Waals surface area contributed by atoms with Crippen molar-refractivity contribution < 1.29 is 8.42 Å². The van der Waals surface area contributed by atoms with Crippen molar-refractivity contribution in [2.45, 2.75) is 13.3 Å². The number of rotatable bonds is 5. The standard InChI is InChI=1S/C13H14Cl2N2O2S/c1-9-8-11(15)13(10-4-2-6-16-12(9)10)17-20(18,19)7-3-5-14/h2,4,6,8,17H,3,5,7H2,1H3. The Kier molecular flexibility index (Phi) is 4.73. The first kappa shape index (κ1) is 15.4. The molecule has 0 radical (unpaired) electrons. The minimum Gasteiger partial charge on any atom is -0.281 e. The van der Waals surface area contributed by atoms with Crippen molar-refractivity contribution >= 4 is 49.8 Å². The molecule has 0 fully saturated rings. The van der Waals surface area contributed by atoms with Gasteiger partial charge in [0.1, 0.15) is 0 Å². The van der Waals surface area contributed by atoms with Gasteiger partial charge < -0.3 is 0 Å². The third kappa shape index (κ3) is 3.34. The first-order valence-electron chi connectivity index (χ1n) is 6.05. The van der Waals surface area contributed by atoms with Crippen LogP contribution in [0.25, 0.3) is 10.9 Å². The van der Waals surface area contributed by atoms with Gasteiger partial charge in [0.05, 0.1) is 22.0 Å². The fraction of sp³-hybridized carbons (Fsp3) is 0.308. The Morgan fingerprint density at radius 3 is 2.85 bits per heavy atom. The van der Waals surface area contributed by atoms with E-state index in [0.717, 1.165) is 11.1 Å². The molecule has 0 aliphatic heterocycles. The SMILES string of the molecule is Cc1cc(Cl)c(NS(=O)(=O)CCCCl)c2cccnc12. The monoisotopic (exact) mass is 332 g/mol.